The van der Waals surface area contributed by atoms with Gasteiger partial charge in [0.15, 0.2) is 6.10 Å². The zero-order valence-electron chi connectivity index (χ0n) is 10.1. The van der Waals surface area contributed by atoms with Crippen LogP contribution in [0.4, 0.5) is 19.0 Å². The minimum absolute atomic E-state index is 0.0748. The first-order valence-electron chi connectivity index (χ1n) is 5.66. The number of ether oxygens (including phenoxy) is 1. The summed E-state index contributed by atoms with van der Waals surface area (Å²) in [6, 6.07) is 0. The normalized spacial score (nSPS) is 17.6. The van der Waals surface area contributed by atoms with Gasteiger partial charge in [-0.1, -0.05) is 0 Å². The Hall–Kier alpha value is -1.53. The molecular weight excluding hydrogens is 247 g/mol. The third kappa shape index (κ3) is 2.65. The lowest BCUT2D eigenvalue weighted by atomic mass is 10.3. The molecular formula is C11H14F3N3O. The first-order chi connectivity index (χ1) is 8.29. The summed E-state index contributed by atoms with van der Waals surface area (Å²) < 4.78 is 42.2. The van der Waals surface area contributed by atoms with Crippen LogP contribution in [0.15, 0.2) is 0 Å². The molecule has 100 valence electrons. The van der Waals surface area contributed by atoms with Gasteiger partial charge in [-0.25, -0.2) is 4.98 Å². The van der Waals surface area contributed by atoms with Gasteiger partial charge in [0.2, 0.25) is 5.88 Å². The van der Waals surface area contributed by atoms with Crippen LogP contribution in [0, 0.1) is 6.92 Å². The second-order valence-electron chi connectivity index (χ2n) is 4.47. The minimum atomic E-state index is -4.42. The van der Waals surface area contributed by atoms with Crippen LogP contribution in [-0.2, 0) is 0 Å². The van der Waals surface area contributed by atoms with E-state index >= 15 is 0 Å². The third-order valence-corrected chi connectivity index (χ3v) is 2.85. The average Bonchev–Trinajstić information content (AvgIpc) is 3.06. The minimum Gasteiger partial charge on any atom is -0.465 e. The predicted octanol–water partition coefficient (Wildman–Crippen LogP) is 2.57. The number of nitrogens with two attached hydrogens (primary N) is 1. The SMILES string of the molecule is Cc1c(N)nc(C2CC2)nc1OC(C)C(F)(F)F. The van der Waals surface area contributed by atoms with Gasteiger partial charge in [-0.05, 0) is 26.7 Å². The van der Waals surface area contributed by atoms with E-state index in [-0.39, 0.29) is 17.6 Å². The van der Waals surface area contributed by atoms with Crippen LogP contribution in [0.3, 0.4) is 0 Å². The van der Waals surface area contributed by atoms with Crippen molar-refractivity contribution >= 4 is 5.82 Å². The molecule has 18 heavy (non-hydrogen) atoms. The molecule has 1 aliphatic carbocycles. The van der Waals surface area contributed by atoms with Crippen LogP contribution < -0.4 is 10.5 Å². The van der Waals surface area contributed by atoms with Gasteiger partial charge in [0.05, 0.1) is 5.56 Å². The molecule has 0 radical (unpaired) electrons. The predicted molar refractivity (Wildman–Crippen MR) is 59.3 cm³/mol. The van der Waals surface area contributed by atoms with Gasteiger partial charge in [0, 0.05) is 5.92 Å². The van der Waals surface area contributed by atoms with Gasteiger partial charge >= 0.3 is 6.18 Å². The van der Waals surface area contributed by atoms with Crippen molar-refractivity contribution < 1.29 is 17.9 Å². The Labute approximate surface area is 102 Å². The van der Waals surface area contributed by atoms with Crippen molar-refractivity contribution in [3.8, 4) is 5.88 Å². The summed E-state index contributed by atoms with van der Waals surface area (Å²) in [4.78, 5) is 8.11. The first kappa shape index (κ1) is 12.9. The molecule has 1 unspecified atom stereocenters. The summed E-state index contributed by atoms with van der Waals surface area (Å²) >= 11 is 0. The standard InChI is InChI=1S/C11H14F3N3O/c1-5-8(15)16-9(7-3-4-7)17-10(5)18-6(2)11(12,13)14/h6-7H,3-4H2,1-2H3,(H2,15,16,17). The molecule has 7 heteroatoms. The summed E-state index contributed by atoms with van der Waals surface area (Å²) in [5.74, 6) is 0.782. The molecule has 1 fully saturated rings. The van der Waals surface area contributed by atoms with E-state index in [1.165, 1.54) is 0 Å². The number of nitrogen functional groups attached to an aromatic ring is 1. The van der Waals surface area contributed by atoms with Crippen molar-refractivity contribution in [2.45, 2.75) is 44.9 Å². The number of halogens is 3. The van der Waals surface area contributed by atoms with E-state index in [0.717, 1.165) is 19.8 Å². The Bertz CT molecular complexity index is 458. The van der Waals surface area contributed by atoms with E-state index in [2.05, 4.69) is 9.97 Å². The number of alkyl halides is 3. The molecule has 1 saturated carbocycles. The van der Waals surface area contributed by atoms with Gasteiger partial charge < -0.3 is 10.5 Å². The number of nitrogens with zero attached hydrogens (tertiary/aromatic N) is 2. The van der Waals surface area contributed by atoms with Crippen LogP contribution >= 0.6 is 0 Å². The van der Waals surface area contributed by atoms with Crippen molar-refractivity contribution in [1.82, 2.24) is 9.97 Å². The van der Waals surface area contributed by atoms with Crippen LogP contribution in [0.2, 0.25) is 0 Å². The van der Waals surface area contributed by atoms with E-state index < -0.39 is 12.3 Å². The molecule has 1 aromatic rings. The topological polar surface area (TPSA) is 61.0 Å². The van der Waals surface area contributed by atoms with Gasteiger partial charge in [-0.15, -0.1) is 0 Å². The zero-order chi connectivity index (χ0) is 13.5. The molecule has 2 rings (SSSR count). The molecule has 0 aromatic carbocycles. The van der Waals surface area contributed by atoms with Crippen molar-refractivity contribution in [3.05, 3.63) is 11.4 Å². The number of hydrogen-bond acceptors (Lipinski definition) is 4. The average molecular weight is 261 g/mol. The fraction of sp³-hybridized carbons (Fsp3) is 0.636. The highest BCUT2D eigenvalue weighted by Crippen LogP contribution is 2.40. The van der Waals surface area contributed by atoms with Crippen molar-refractivity contribution in [1.29, 1.82) is 0 Å². The molecule has 0 aliphatic heterocycles. The van der Waals surface area contributed by atoms with Crippen molar-refractivity contribution in [2.75, 3.05) is 5.73 Å². The maximum atomic E-state index is 12.4. The van der Waals surface area contributed by atoms with Gasteiger partial charge in [0.1, 0.15) is 11.6 Å². The van der Waals surface area contributed by atoms with E-state index in [9.17, 15) is 13.2 Å². The number of hydrogen-bond donors (Lipinski definition) is 1. The quantitative estimate of drug-likeness (QED) is 0.908. The van der Waals surface area contributed by atoms with Gasteiger partial charge in [0.25, 0.3) is 0 Å². The molecule has 0 saturated heterocycles. The van der Waals surface area contributed by atoms with Gasteiger partial charge in [-0.3, -0.25) is 0 Å². The van der Waals surface area contributed by atoms with Gasteiger partial charge in [-0.2, -0.15) is 18.2 Å². The Morgan fingerprint density at radius 3 is 2.44 bits per heavy atom. The van der Waals surface area contributed by atoms with Crippen LogP contribution in [0.1, 0.15) is 37.1 Å². The Balaban J connectivity index is 2.26. The number of rotatable bonds is 3. The summed E-state index contributed by atoms with van der Waals surface area (Å²) in [5, 5.41) is 0. The second kappa shape index (κ2) is 4.29. The van der Waals surface area contributed by atoms with Crippen molar-refractivity contribution in [3.63, 3.8) is 0 Å². The summed E-state index contributed by atoms with van der Waals surface area (Å²) in [6.45, 7) is 2.49. The summed E-state index contributed by atoms with van der Waals surface area (Å²) in [5.41, 5.74) is 6.00. The van der Waals surface area contributed by atoms with E-state index in [1.807, 2.05) is 0 Å². The molecule has 0 bridgehead atoms. The number of anilines is 1. The maximum absolute atomic E-state index is 12.4. The van der Waals surface area contributed by atoms with Crippen LogP contribution in [0.25, 0.3) is 0 Å². The highest BCUT2D eigenvalue weighted by Gasteiger charge is 2.39. The van der Waals surface area contributed by atoms with E-state index in [0.29, 0.717) is 11.4 Å². The first-order valence-corrected chi connectivity index (χ1v) is 5.66. The molecule has 4 nitrogen and oxygen atoms in total. The summed E-state index contributed by atoms with van der Waals surface area (Å²) in [6.07, 6.45) is -4.46. The number of aromatic nitrogens is 2. The Morgan fingerprint density at radius 1 is 1.33 bits per heavy atom. The molecule has 1 aromatic heterocycles. The molecule has 0 amide bonds. The lowest BCUT2D eigenvalue weighted by molar-refractivity contribution is -0.190. The van der Waals surface area contributed by atoms with Crippen LogP contribution in [-0.4, -0.2) is 22.2 Å². The zero-order valence-corrected chi connectivity index (χ0v) is 10.1. The highest BCUT2D eigenvalue weighted by molar-refractivity contribution is 5.45. The largest absolute Gasteiger partial charge is 0.465 e. The molecule has 0 spiro atoms. The summed E-state index contributed by atoms with van der Waals surface area (Å²) in [7, 11) is 0. The Kier molecular flexibility index (Phi) is 3.08. The van der Waals surface area contributed by atoms with Crippen molar-refractivity contribution in [2.24, 2.45) is 0 Å². The Morgan fingerprint density at radius 2 is 1.94 bits per heavy atom. The smallest absolute Gasteiger partial charge is 0.425 e. The monoisotopic (exact) mass is 261 g/mol. The third-order valence-electron chi connectivity index (χ3n) is 2.85. The lowest BCUT2D eigenvalue weighted by Crippen LogP contribution is -2.32. The van der Waals surface area contributed by atoms with E-state index in [1.54, 1.807) is 6.92 Å². The lowest BCUT2D eigenvalue weighted by Gasteiger charge is -2.19. The molecule has 2 N–H and O–H groups in total. The highest BCUT2D eigenvalue weighted by atomic mass is 19.4. The molecule has 1 heterocycles. The van der Waals surface area contributed by atoms with Crippen LogP contribution in [0.5, 0.6) is 5.88 Å². The molecule has 1 aliphatic rings. The maximum Gasteiger partial charge on any atom is 0.425 e. The molecule has 1 atom stereocenters. The fourth-order valence-corrected chi connectivity index (χ4v) is 1.40. The van der Waals surface area contributed by atoms with E-state index in [4.69, 9.17) is 10.5 Å². The fourth-order valence-electron chi connectivity index (χ4n) is 1.40. The second-order valence-corrected chi connectivity index (χ2v) is 4.47.